The Hall–Kier alpha value is -13.8. The van der Waals surface area contributed by atoms with Crippen LogP contribution in [0.5, 0.6) is 0 Å². The number of fused-ring (bicyclic) bond motifs is 26. The van der Waals surface area contributed by atoms with E-state index in [1.54, 1.807) is 0 Å². The molecule has 0 atom stereocenters. The van der Waals surface area contributed by atoms with Crippen LogP contribution in [0.25, 0.3) is 236 Å². The Labute approximate surface area is 667 Å². The number of benzene rings is 16. The van der Waals surface area contributed by atoms with Crippen molar-refractivity contribution in [3.05, 3.63) is 364 Å². The van der Waals surface area contributed by atoms with Crippen LogP contribution in [0.4, 0.5) is 0 Å². The minimum Gasteiger partial charge on any atom is -0.454 e. The molecule has 16 aromatic carbocycles. The lowest BCUT2D eigenvalue weighted by molar-refractivity contribution is 0.673. The number of rotatable bonds is 8. The van der Waals surface area contributed by atoms with E-state index >= 15 is 0 Å². The average molecular weight is 1530 g/mol. The van der Waals surface area contributed by atoms with Crippen LogP contribution in [0.1, 0.15) is 0 Å². The van der Waals surface area contributed by atoms with Crippen LogP contribution in [-0.2, 0) is 0 Å². The molecule has 0 saturated carbocycles. The first kappa shape index (κ1) is 63.9. The Balaban J connectivity index is 0.000000129. The largest absolute Gasteiger partial charge is 0.454 e. The maximum atomic E-state index is 6.86. The number of aromatic nitrogens is 4. The summed E-state index contributed by atoms with van der Waals surface area (Å²) in [5, 5.41) is 14.8. The van der Waals surface area contributed by atoms with E-state index in [1.165, 1.54) is 142 Å². The summed E-state index contributed by atoms with van der Waals surface area (Å²) in [6.45, 7) is 0. The SMILES string of the molecule is c1ccc(-n2c3ccccc3c3oc4cc(-c5ccc6c(c5)sc5cc(-c7cccc8c7oc7c9ccccc9n(-c9ccccc9)c87)ccc56)ccc4c32)cc1.c1ccc(-n2c3ccccc3c3sc4cc(-c5ccc6c(c5)sc5cc(-c7cccc8c7sc7c9ccccc9n(-c9ccccc9)c87)ccc56)ccc4c32)cc1. The van der Waals surface area contributed by atoms with Gasteiger partial charge in [0.05, 0.1) is 42.5 Å². The van der Waals surface area contributed by atoms with Gasteiger partial charge in [0.15, 0.2) is 11.2 Å². The smallest absolute Gasteiger partial charge is 0.161 e. The molecule has 10 heteroatoms. The van der Waals surface area contributed by atoms with Crippen LogP contribution in [0.15, 0.2) is 373 Å². The van der Waals surface area contributed by atoms with Gasteiger partial charge >= 0.3 is 0 Å². The van der Waals surface area contributed by atoms with Gasteiger partial charge in [-0.25, -0.2) is 0 Å². The van der Waals surface area contributed by atoms with Crippen molar-refractivity contribution in [2.75, 3.05) is 0 Å². The highest BCUT2D eigenvalue weighted by Crippen LogP contribution is 2.51. The van der Waals surface area contributed by atoms with E-state index in [1.807, 2.05) is 45.3 Å². The molecule has 0 fully saturated rings. The third-order valence-electron chi connectivity index (χ3n) is 23.5. The van der Waals surface area contributed by atoms with Crippen LogP contribution < -0.4 is 0 Å². The first-order valence-electron chi connectivity index (χ1n) is 38.5. The Bertz CT molecular complexity index is 7990. The van der Waals surface area contributed by atoms with E-state index in [4.69, 9.17) is 8.83 Å². The van der Waals surface area contributed by atoms with E-state index in [0.717, 1.165) is 94.0 Å². The normalized spacial score (nSPS) is 12.2. The average Bonchev–Trinajstić information content (AvgIpc) is 1.58. The molecule has 6 nitrogen and oxygen atoms in total. The van der Waals surface area contributed by atoms with Gasteiger partial charge in [0.2, 0.25) is 0 Å². The van der Waals surface area contributed by atoms with E-state index in [0.29, 0.717) is 0 Å². The summed E-state index contributed by atoms with van der Waals surface area (Å²) in [7, 11) is 0. The van der Waals surface area contributed by atoms with Gasteiger partial charge in [-0.3, -0.25) is 0 Å². The maximum absolute atomic E-state index is 6.86. The summed E-state index contributed by atoms with van der Waals surface area (Å²) in [6.07, 6.45) is 0. The van der Waals surface area contributed by atoms with E-state index in [2.05, 4.69) is 382 Å². The molecule has 26 rings (SSSR count). The molecule has 10 heterocycles. The molecule has 0 aliphatic carbocycles. The van der Waals surface area contributed by atoms with Gasteiger partial charge in [0.25, 0.3) is 0 Å². The van der Waals surface area contributed by atoms with Crippen LogP contribution in [0.2, 0.25) is 0 Å². The molecule has 532 valence electrons. The molecule has 0 unspecified atom stereocenters. The predicted octanol–water partition coefficient (Wildman–Crippen LogP) is 31.1. The third-order valence-corrected chi connectivity index (χ3v) is 28.1. The predicted molar refractivity (Wildman–Crippen MR) is 488 cm³/mol. The van der Waals surface area contributed by atoms with Gasteiger partial charge in [-0.2, -0.15) is 0 Å². The number of para-hydroxylation sites is 9. The van der Waals surface area contributed by atoms with Crippen molar-refractivity contribution in [1.82, 2.24) is 18.3 Å². The molecule has 0 N–H and O–H groups in total. The number of furan rings is 2. The summed E-state index contributed by atoms with van der Waals surface area (Å²) in [5.74, 6) is 0. The van der Waals surface area contributed by atoms with Crippen molar-refractivity contribution in [3.63, 3.8) is 0 Å². The van der Waals surface area contributed by atoms with Crippen LogP contribution in [-0.4, -0.2) is 18.3 Å². The third kappa shape index (κ3) is 9.51. The van der Waals surface area contributed by atoms with Crippen LogP contribution in [0.3, 0.4) is 0 Å². The van der Waals surface area contributed by atoms with Gasteiger partial charge in [-0.1, -0.05) is 231 Å². The van der Waals surface area contributed by atoms with Crippen molar-refractivity contribution < 1.29 is 8.83 Å². The molecule has 114 heavy (non-hydrogen) atoms. The van der Waals surface area contributed by atoms with Gasteiger partial charge in [-0.05, 0) is 172 Å². The summed E-state index contributed by atoms with van der Waals surface area (Å²) in [5.41, 5.74) is 27.5. The van der Waals surface area contributed by atoms with Gasteiger partial charge < -0.3 is 27.1 Å². The highest BCUT2D eigenvalue weighted by atomic mass is 32.1. The summed E-state index contributed by atoms with van der Waals surface area (Å²) in [4.78, 5) is 0. The molecular weight excluding hydrogens is 1470 g/mol. The number of hydrogen-bond donors (Lipinski definition) is 0. The summed E-state index contributed by atoms with van der Waals surface area (Å²) in [6, 6.07) is 132. The maximum Gasteiger partial charge on any atom is 0.161 e. The summed E-state index contributed by atoms with van der Waals surface area (Å²) >= 11 is 7.57. The fraction of sp³-hybridized carbons (Fsp3) is 0. The lowest BCUT2D eigenvalue weighted by Crippen LogP contribution is -1.92. The zero-order chi connectivity index (χ0) is 74.4. The quantitative estimate of drug-likeness (QED) is 0.152. The van der Waals surface area contributed by atoms with Crippen LogP contribution >= 0.6 is 45.3 Å². The second-order valence-electron chi connectivity index (χ2n) is 29.7. The zero-order valence-electron chi connectivity index (χ0n) is 60.9. The van der Waals surface area contributed by atoms with Crippen molar-refractivity contribution in [2.45, 2.75) is 0 Å². The van der Waals surface area contributed by atoms with Crippen LogP contribution in [0, 0.1) is 0 Å². The minimum atomic E-state index is 0.891. The molecule has 10 aromatic heterocycles. The summed E-state index contributed by atoms with van der Waals surface area (Å²) < 4.78 is 33.6. The van der Waals surface area contributed by atoms with E-state index < -0.39 is 0 Å². The highest BCUT2D eigenvalue weighted by Gasteiger charge is 2.26. The number of thiophene rings is 4. The number of hydrogen-bond acceptors (Lipinski definition) is 6. The fourth-order valence-electron chi connectivity index (χ4n) is 18.4. The van der Waals surface area contributed by atoms with Gasteiger partial charge in [0.1, 0.15) is 22.2 Å². The molecule has 0 spiro atoms. The molecular formula is C104H60N4O2S4. The highest BCUT2D eigenvalue weighted by molar-refractivity contribution is 7.28. The van der Waals surface area contributed by atoms with Crippen molar-refractivity contribution in [1.29, 1.82) is 0 Å². The Morgan fingerprint density at radius 3 is 1.02 bits per heavy atom. The molecule has 26 aromatic rings. The zero-order valence-corrected chi connectivity index (χ0v) is 64.1. The van der Waals surface area contributed by atoms with E-state index in [-0.39, 0.29) is 0 Å². The Morgan fingerprint density at radius 1 is 0.184 bits per heavy atom. The lowest BCUT2D eigenvalue weighted by Gasteiger charge is -2.09. The first-order valence-corrected chi connectivity index (χ1v) is 41.8. The molecule has 0 aliphatic rings. The Morgan fingerprint density at radius 2 is 0.518 bits per heavy atom. The Kier molecular flexibility index (Phi) is 13.9. The molecule has 0 radical (unpaired) electrons. The molecule has 0 amide bonds. The van der Waals surface area contributed by atoms with E-state index in [9.17, 15) is 0 Å². The van der Waals surface area contributed by atoms with Crippen molar-refractivity contribution >= 4 is 214 Å². The first-order chi connectivity index (χ1) is 56.5. The van der Waals surface area contributed by atoms with Crippen molar-refractivity contribution in [2.24, 2.45) is 0 Å². The second-order valence-corrected chi connectivity index (χ2v) is 33.9. The fourth-order valence-corrected chi connectivity index (χ4v) is 23.3. The topological polar surface area (TPSA) is 46.0 Å². The monoisotopic (exact) mass is 1520 g/mol. The van der Waals surface area contributed by atoms with Crippen molar-refractivity contribution in [3.8, 4) is 67.3 Å². The van der Waals surface area contributed by atoms with Gasteiger partial charge in [-0.15, -0.1) is 45.3 Å². The lowest BCUT2D eigenvalue weighted by atomic mass is 10.0. The number of nitrogens with zero attached hydrogens (tertiary/aromatic N) is 4. The molecule has 0 saturated heterocycles. The standard InChI is InChI=1S/C52H30N2O2S.C52H30N2S3/c1-3-12-34(13-4-1)53-43-20-9-7-16-39(43)51-48(53)41-27-23-31(28-45(41)55-51)32-22-25-37-38-26-24-33(30-47(38)57-46(37)29-32)36-18-11-19-42-49-52(56-50(36)42)40-17-8-10-21-44(40)54(49)35-14-5-2-6-15-35;1-3-12-34(13-4-1)53-43-20-9-7-16-39(43)51-48(53)41-27-23-32(29-47(41)56-51)31-22-25-37-38-26-24-33(30-46(38)55-45(37)28-31)36-18-11-19-42-49-52(57-50(36)42)40-17-8-10-21-44(40)54(49)35-14-5-2-6-15-35/h2*1-30H. The van der Waals surface area contributed by atoms with Gasteiger partial charge in [0, 0.05) is 121 Å². The minimum absolute atomic E-state index is 0.891. The second kappa shape index (κ2) is 24.8. The molecule has 0 aliphatic heterocycles. The molecule has 0 bridgehead atoms.